The minimum absolute atomic E-state index is 0. The number of halogens is 2. The Labute approximate surface area is 112 Å². The van der Waals surface area contributed by atoms with Gasteiger partial charge < -0.3 is 30.5 Å². The van der Waals surface area contributed by atoms with E-state index in [0.29, 0.717) is 11.5 Å². The van der Waals surface area contributed by atoms with Crippen LogP contribution in [0.1, 0.15) is 0 Å². The third-order valence-electron chi connectivity index (χ3n) is 2.15. The molecule has 0 atom stereocenters. The summed E-state index contributed by atoms with van der Waals surface area (Å²) in [5.74, 6) is 1.44. The minimum Gasteiger partial charge on any atom is -1.00 e. The van der Waals surface area contributed by atoms with Gasteiger partial charge in [-0.2, -0.15) is 4.98 Å². The first kappa shape index (κ1) is 15.5. The Morgan fingerprint density at radius 3 is 2.12 bits per heavy atom. The number of rotatable bonds is 2. The molecule has 0 bridgehead atoms. The topological polar surface area (TPSA) is 82.8 Å². The third kappa shape index (κ3) is 4.11. The first-order valence-corrected chi connectivity index (χ1v) is 4.73. The van der Waals surface area contributed by atoms with Crippen LogP contribution in [0.15, 0.2) is 42.5 Å². The van der Waals surface area contributed by atoms with Crippen molar-refractivity contribution in [2.24, 2.45) is 0 Å². The molecule has 17 heavy (non-hydrogen) atoms. The van der Waals surface area contributed by atoms with E-state index in [0.717, 1.165) is 11.5 Å². The number of para-hydroxylation sites is 1. The standard InChI is InChI=1S/C11H12N4.2ClH/c12-9-6-7-10(15-11(9)13)14-8-4-2-1-3-5-8;;/h1-7H,12H2,(H3,13,14,15);2*1H. The van der Waals surface area contributed by atoms with Gasteiger partial charge in [-0.1, -0.05) is 18.2 Å². The molecule has 0 aliphatic heterocycles. The number of nitrogen functional groups attached to an aromatic ring is 2. The molecule has 0 saturated heterocycles. The van der Waals surface area contributed by atoms with Crippen LogP contribution in [0.3, 0.4) is 0 Å². The second-order valence-corrected chi connectivity index (χ2v) is 3.34. The van der Waals surface area contributed by atoms with Gasteiger partial charge in [0, 0.05) is 6.07 Å². The lowest BCUT2D eigenvalue weighted by Crippen LogP contribution is -3.00. The highest BCUT2D eigenvalue weighted by Crippen LogP contribution is 2.07. The van der Waals surface area contributed by atoms with Gasteiger partial charge in [0.15, 0.2) is 0 Å². The molecule has 1 aromatic carbocycles. The molecule has 0 radical (unpaired) electrons. The first-order valence-electron chi connectivity index (χ1n) is 4.73. The summed E-state index contributed by atoms with van der Waals surface area (Å²) < 4.78 is 0. The van der Waals surface area contributed by atoms with Gasteiger partial charge in [-0.3, -0.25) is 5.73 Å². The number of anilines is 2. The molecule has 0 unspecified atom stereocenters. The number of nitrogens with two attached hydrogens (primary N) is 3. The average molecular weight is 273 g/mol. The third-order valence-corrected chi connectivity index (χ3v) is 2.15. The van der Waals surface area contributed by atoms with E-state index < -0.39 is 0 Å². The molecule has 0 aliphatic carbocycles. The summed E-state index contributed by atoms with van der Waals surface area (Å²) in [7, 11) is 0. The molecule has 0 amide bonds. The molecular weight excluding hydrogens is 259 g/mol. The van der Waals surface area contributed by atoms with Gasteiger partial charge in [-0.15, -0.1) is 0 Å². The Morgan fingerprint density at radius 2 is 1.53 bits per heavy atom. The summed E-state index contributed by atoms with van der Waals surface area (Å²) in [6.07, 6.45) is 0. The summed E-state index contributed by atoms with van der Waals surface area (Å²) in [6.45, 7) is 0. The highest BCUT2D eigenvalue weighted by molar-refractivity contribution is 5.54. The van der Waals surface area contributed by atoms with Crippen LogP contribution >= 0.6 is 0 Å². The van der Waals surface area contributed by atoms with Crippen molar-refractivity contribution in [1.29, 1.82) is 0 Å². The predicted octanol–water partition coefficient (Wildman–Crippen LogP) is -5.80. The number of H-pyrrole nitrogens is 1. The van der Waals surface area contributed by atoms with Gasteiger partial charge >= 0.3 is 0 Å². The zero-order valence-electron chi connectivity index (χ0n) is 9.03. The maximum atomic E-state index is 5.67. The Morgan fingerprint density at radius 1 is 0.882 bits per heavy atom. The highest BCUT2D eigenvalue weighted by Gasteiger charge is 2.07. The fourth-order valence-corrected chi connectivity index (χ4v) is 1.35. The molecule has 7 N–H and O–H groups in total. The molecule has 1 aromatic heterocycles. The van der Waals surface area contributed by atoms with Crippen LogP contribution in [0.4, 0.5) is 23.0 Å². The molecule has 2 aromatic rings. The lowest BCUT2D eigenvalue weighted by Gasteiger charge is -1.98. The van der Waals surface area contributed by atoms with Crippen LogP contribution in [-0.4, -0.2) is 0 Å². The summed E-state index contributed by atoms with van der Waals surface area (Å²) >= 11 is 0. The number of hydrogen-bond acceptors (Lipinski definition) is 2. The van der Waals surface area contributed by atoms with E-state index >= 15 is 0 Å². The Hall–Kier alpha value is -1.49. The minimum atomic E-state index is 0. The first-order chi connectivity index (χ1) is 7.25. The molecule has 6 heteroatoms. The van der Waals surface area contributed by atoms with E-state index in [1.165, 1.54) is 0 Å². The summed E-state index contributed by atoms with van der Waals surface area (Å²) in [5, 5.41) is 2.01. The lowest BCUT2D eigenvalue weighted by atomic mass is 10.3. The number of quaternary nitrogens is 1. The average Bonchev–Trinajstić information content (AvgIpc) is 2.25. The molecule has 92 valence electrons. The maximum absolute atomic E-state index is 5.67. The van der Waals surface area contributed by atoms with E-state index in [1.807, 2.05) is 41.7 Å². The highest BCUT2D eigenvalue weighted by atomic mass is 35.5. The van der Waals surface area contributed by atoms with Crippen LogP contribution < -0.4 is 46.6 Å². The van der Waals surface area contributed by atoms with E-state index in [9.17, 15) is 0 Å². The van der Waals surface area contributed by atoms with Crippen LogP contribution in [0, 0.1) is 0 Å². The van der Waals surface area contributed by atoms with Crippen molar-refractivity contribution in [3.8, 4) is 0 Å². The number of aromatic nitrogens is 1. The second kappa shape index (κ2) is 6.96. The van der Waals surface area contributed by atoms with Crippen LogP contribution in [0.2, 0.25) is 0 Å². The summed E-state index contributed by atoms with van der Waals surface area (Å²) in [6, 6.07) is 13.7. The molecule has 1 heterocycles. The van der Waals surface area contributed by atoms with Crippen molar-refractivity contribution >= 4 is 23.0 Å². The number of benzene rings is 1. The number of pyridine rings is 1. The maximum Gasteiger partial charge on any atom is 0.298 e. The van der Waals surface area contributed by atoms with Gasteiger partial charge in [-0.05, 0) is 18.2 Å². The quantitative estimate of drug-likeness (QED) is 0.476. The van der Waals surface area contributed by atoms with E-state index in [1.54, 1.807) is 6.07 Å². The Kier molecular flexibility index (Phi) is 6.35. The molecule has 0 aliphatic rings. The van der Waals surface area contributed by atoms with E-state index in [2.05, 4.69) is 4.98 Å². The molecule has 0 fully saturated rings. The van der Waals surface area contributed by atoms with Crippen molar-refractivity contribution in [2.75, 3.05) is 11.5 Å². The second-order valence-electron chi connectivity index (χ2n) is 3.34. The fourth-order valence-electron chi connectivity index (χ4n) is 1.35. The summed E-state index contributed by atoms with van der Waals surface area (Å²) in [4.78, 5) is 3.02. The van der Waals surface area contributed by atoms with Crippen LogP contribution in [-0.2, 0) is 0 Å². The Bertz CT molecular complexity index is 462. The van der Waals surface area contributed by atoms with Crippen molar-refractivity contribution < 1.29 is 35.1 Å². The smallest absolute Gasteiger partial charge is 0.298 e. The monoisotopic (exact) mass is 272 g/mol. The van der Waals surface area contributed by atoms with Crippen molar-refractivity contribution in [3.63, 3.8) is 0 Å². The molecule has 0 spiro atoms. The van der Waals surface area contributed by atoms with Gasteiger partial charge in [-0.25, -0.2) is 5.32 Å². The van der Waals surface area contributed by atoms with Gasteiger partial charge in [0.25, 0.3) is 11.6 Å². The fraction of sp³-hybridized carbons (Fsp3) is 0. The summed E-state index contributed by atoms with van der Waals surface area (Å²) in [5.41, 5.74) is 13.0. The molecule has 4 nitrogen and oxygen atoms in total. The van der Waals surface area contributed by atoms with Crippen molar-refractivity contribution in [3.05, 3.63) is 42.5 Å². The lowest BCUT2D eigenvalue weighted by molar-refractivity contribution is -0.579. The Balaban J connectivity index is 0.00000128. The normalized spacial score (nSPS) is 8.94. The molecular formula is C11H14Cl2N4. The number of aromatic amines is 1. The molecule has 2 rings (SSSR count). The van der Waals surface area contributed by atoms with E-state index in [-0.39, 0.29) is 24.8 Å². The largest absolute Gasteiger partial charge is 1.00 e. The van der Waals surface area contributed by atoms with Crippen LogP contribution in [0.25, 0.3) is 0 Å². The van der Waals surface area contributed by atoms with Gasteiger partial charge in [0.1, 0.15) is 11.4 Å². The van der Waals surface area contributed by atoms with Crippen LogP contribution in [0.5, 0.6) is 0 Å². The number of nitrogens with one attached hydrogen (secondary N) is 1. The zero-order valence-corrected chi connectivity index (χ0v) is 10.5. The van der Waals surface area contributed by atoms with Gasteiger partial charge in [0.2, 0.25) is 0 Å². The SMILES string of the molecule is Nc1ccc([NH2+]c2ccccc2)[nH+]c1N.[Cl-].[Cl-]. The van der Waals surface area contributed by atoms with Crippen molar-refractivity contribution in [1.82, 2.24) is 0 Å². The number of hydrogen-bond donors (Lipinski definition) is 3. The van der Waals surface area contributed by atoms with Gasteiger partial charge in [0.05, 0.1) is 0 Å². The predicted molar refractivity (Wildman–Crippen MR) is 59.5 cm³/mol. The van der Waals surface area contributed by atoms with E-state index in [4.69, 9.17) is 11.5 Å². The molecule has 0 saturated carbocycles. The van der Waals surface area contributed by atoms with Crippen molar-refractivity contribution in [2.45, 2.75) is 0 Å². The zero-order chi connectivity index (χ0) is 10.7.